The van der Waals surface area contributed by atoms with Crippen molar-refractivity contribution < 1.29 is 4.79 Å². The number of carbonyl (C=O) groups is 1. The number of aromatic nitrogens is 3. The largest absolute Gasteiger partial charge is 0.306 e. The molecule has 2 heterocycles. The quantitative estimate of drug-likeness (QED) is 0.668. The van der Waals surface area contributed by atoms with Crippen LogP contribution in [-0.2, 0) is 4.79 Å². The first-order chi connectivity index (χ1) is 11.8. The van der Waals surface area contributed by atoms with Gasteiger partial charge in [0.1, 0.15) is 11.6 Å². The van der Waals surface area contributed by atoms with Gasteiger partial charge in [-0.15, -0.1) is 0 Å². The monoisotopic (exact) mass is 393 g/mol. The van der Waals surface area contributed by atoms with E-state index in [1.165, 1.54) is 10.9 Å². The highest BCUT2D eigenvalue weighted by Crippen LogP contribution is 2.29. The SMILES string of the molecule is Cc1cc(-n2ncc(C#N)c2NC(=O)C(Cl)(Cl)Cl)nc2ccccc12. The van der Waals surface area contributed by atoms with E-state index in [0.717, 1.165) is 16.5 Å². The fourth-order valence-electron chi connectivity index (χ4n) is 2.34. The van der Waals surface area contributed by atoms with E-state index < -0.39 is 9.70 Å². The van der Waals surface area contributed by atoms with Crippen LogP contribution in [0.25, 0.3) is 16.7 Å². The first-order valence-corrected chi connectivity index (χ1v) is 8.17. The summed E-state index contributed by atoms with van der Waals surface area (Å²) in [6, 6.07) is 11.3. The summed E-state index contributed by atoms with van der Waals surface area (Å²) in [6.45, 7) is 1.93. The summed E-state index contributed by atoms with van der Waals surface area (Å²) >= 11 is 16.8. The highest BCUT2D eigenvalue weighted by atomic mass is 35.6. The molecule has 0 saturated heterocycles. The molecule has 1 amide bonds. The summed E-state index contributed by atoms with van der Waals surface area (Å²) in [7, 11) is 0. The van der Waals surface area contributed by atoms with Crippen LogP contribution in [0.5, 0.6) is 0 Å². The maximum absolute atomic E-state index is 12.0. The van der Waals surface area contributed by atoms with Crippen molar-refractivity contribution in [1.82, 2.24) is 14.8 Å². The third kappa shape index (κ3) is 3.40. The number of amides is 1. The van der Waals surface area contributed by atoms with Gasteiger partial charge >= 0.3 is 0 Å². The van der Waals surface area contributed by atoms with Gasteiger partial charge in [0.05, 0.1) is 11.7 Å². The van der Waals surface area contributed by atoms with Crippen molar-refractivity contribution in [2.24, 2.45) is 0 Å². The maximum atomic E-state index is 12.0. The lowest BCUT2D eigenvalue weighted by molar-refractivity contribution is -0.115. The van der Waals surface area contributed by atoms with Gasteiger partial charge in [-0.3, -0.25) is 4.79 Å². The average molecular weight is 395 g/mol. The summed E-state index contributed by atoms with van der Waals surface area (Å²) in [6.07, 6.45) is 1.31. The molecule has 0 aliphatic rings. The molecule has 0 bridgehead atoms. The molecular weight excluding hydrogens is 385 g/mol. The molecular formula is C16H10Cl3N5O. The van der Waals surface area contributed by atoms with Crippen LogP contribution in [0.2, 0.25) is 0 Å². The number of nitrogens with one attached hydrogen (secondary N) is 1. The number of hydrogen-bond donors (Lipinski definition) is 1. The Morgan fingerprint density at radius 1 is 1.32 bits per heavy atom. The van der Waals surface area contributed by atoms with Crippen molar-refractivity contribution in [3.63, 3.8) is 0 Å². The number of para-hydroxylation sites is 1. The number of alkyl halides is 3. The smallest absolute Gasteiger partial charge is 0.277 e. The van der Waals surface area contributed by atoms with E-state index >= 15 is 0 Å². The number of aryl methyl sites for hydroxylation is 1. The fraction of sp³-hybridized carbons (Fsp3) is 0.125. The second-order valence-electron chi connectivity index (χ2n) is 5.20. The van der Waals surface area contributed by atoms with Crippen molar-refractivity contribution in [1.29, 1.82) is 5.26 Å². The van der Waals surface area contributed by atoms with Crippen molar-refractivity contribution >= 4 is 57.4 Å². The van der Waals surface area contributed by atoms with Crippen LogP contribution >= 0.6 is 34.8 Å². The van der Waals surface area contributed by atoms with Crippen molar-refractivity contribution in [2.75, 3.05) is 5.32 Å². The van der Waals surface area contributed by atoms with E-state index in [-0.39, 0.29) is 11.4 Å². The van der Waals surface area contributed by atoms with Crippen LogP contribution in [0, 0.1) is 18.3 Å². The number of halogens is 3. The molecule has 0 aliphatic heterocycles. The fourth-order valence-corrected chi connectivity index (χ4v) is 2.48. The molecule has 0 spiro atoms. The number of rotatable bonds is 2. The number of carbonyl (C=O) groups excluding carboxylic acids is 1. The number of anilines is 1. The van der Waals surface area contributed by atoms with Crippen LogP contribution in [0.1, 0.15) is 11.1 Å². The molecule has 6 nitrogen and oxygen atoms in total. The number of nitriles is 1. The van der Waals surface area contributed by atoms with Crippen LogP contribution in [0.3, 0.4) is 0 Å². The van der Waals surface area contributed by atoms with Crippen molar-refractivity contribution in [2.45, 2.75) is 10.7 Å². The topological polar surface area (TPSA) is 83.6 Å². The lowest BCUT2D eigenvalue weighted by Gasteiger charge is -2.14. The average Bonchev–Trinajstić information content (AvgIpc) is 2.96. The minimum absolute atomic E-state index is 0.0843. The first kappa shape index (κ1) is 17.5. The van der Waals surface area contributed by atoms with Gasteiger partial charge in [0.2, 0.25) is 0 Å². The Hall–Kier alpha value is -2.33. The Labute approximate surface area is 157 Å². The zero-order valence-electron chi connectivity index (χ0n) is 12.8. The number of fused-ring (bicyclic) bond motifs is 1. The molecule has 1 N–H and O–H groups in total. The second-order valence-corrected chi connectivity index (χ2v) is 7.48. The molecule has 0 saturated carbocycles. The Balaban J connectivity index is 2.14. The van der Waals surface area contributed by atoms with Gasteiger partial charge in [-0.25, -0.2) is 4.98 Å². The van der Waals surface area contributed by atoms with E-state index in [4.69, 9.17) is 34.8 Å². The minimum Gasteiger partial charge on any atom is -0.306 e. The third-order valence-corrected chi connectivity index (χ3v) is 4.02. The van der Waals surface area contributed by atoms with Gasteiger partial charge in [0.25, 0.3) is 9.70 Å². The van der Waals surface area contributed by atoms with Crippen LogP contribution in [0.15, 0.2) is 36.5 Å². The first-order valence-electron chi connectivity index (χ1n) is 7.04. The Bertz CT molecular complexity index is 1020. The van der Waals surface area contributed by atoms with Crippen molar-refractivity contribution in [3.8, 4) is 11.9 Å². The lowest BCUT2D eigenvalue weighted by atomic mass is 10.1. The Kier molecular flexibility index (Phi) is 4.56. The molecule has 9 heteroatoms. The minimum atomic E-state index is -2.17. The predicted octanol–water partition coefficient (Wildman–Crippen LogP) is 3.91. The lowest BCUT2D eigenvalue weighted by Crippen LogP contribution is -2.28. The summed E-state index contributed by atoms with van der Waals surface area (Å²) < 4.78 is -0.846. The number of benzene rings is 1. The molecule has 3 aromatic rings. The molecule has 126 valence electrons. The number of nitrogens with zero attached hydrogens (tertiary/aromatic N) is 4. The highest BCUT2D eigenvalue weighted by molar-refractivity contribution is 6.76. The van der Waals surface area contributed by atoms with Crippen LogP contribution in [-0.4, -0.2) is 24.5 Å². The number of pyridine rings is 1. The summed E-state index contributed by atoms with van der Waals surface area (Å²) in [5.41, 5.74) is 1.84. The van der Waals surface area contributed by atoms with E-state index in [2.05, 4.69) is 15.4 Å². The highest BCUT2D eigenvalue weighted by Gasteiger charge is 2.32. The van der Waals surface area contributed by atoms with Gasteiger partial charge in [-0.05, 0) is 24.6 Å². The van der Waals surface area contributed by atoms with Crippen molar-refractivity contribution in [3.05, 3.63) is 47.7 Å². The van der Waals surface area contributed by atoms with Gasteiger partial charge < -0.3 is 5.32 Å². The van der Waals surface area contributed by atoms with Gasteiger partial charge in [0, 0.05) is 5.39 Å². The summed E-state index contributed by atoms with van der Waals surface area (Å²) in [4.78, 5) is 16.5. The molecule has 0 aliphatic carbocycles. The Morgan fingerprint density at radius 2 is 2.04 bits per heavy atom. The summed E-state index contributed by atoms with van der Waals surface area (Å²) in [5, 5.41) is 16.8. The molecule has 0 radical (unpaired) electrons. The summed E-state index contributed by atoms with van der Waals surface area (Å²) in [5.74, 6) is -0.383. The molecule has 1 aromatic carbocycles. The molecule has 2 aromatic heterocycles. The molecule has 0 unspecified atom stereocenters. The van der Waals surface area contributed by atoms with Gasteiger partial charge in [-0.2, -0.15) is 15.0 Å². The van der Waals surface area contributed by atoms with E-state index in [1.54, 1.807) is 6.07 Å². The van der Waals surface area contributed by atoms with E-state index in [1.807, 2.05) is 37.3 Å². The second kappa shape index (κ2) is 6.52. The van der Waals surface area contributed by atoms with Gasteiger partial charge in [-0.1, -0.05) is 53.0 Å². The normalized spacial score (nSPS) is 11.3. The standard InChI is InChI=1S/C16H10Cl3N5O/c1-9-6-13(22-12-5-3-2-4-11(9)12)24-14(10(7-20)8-21-24)23-15(25)16(17,18)19/h2-6,8H,1H3,(H,23,25). The maximum Gasteiger partial charge on any atom is 0.277 e. The van der Waals surface area contributed by atoms with Crippen LogP contribution in [0.4, 0.5) is 5.82 Å². The predicted molar refractivity (Wildman–Crippen MR) is 97.2 cm³/mol. The van der Waals surface area contributed by atoms with E-state index in [9.17, 15) is 10.1 Å². The molecule has 25 heavy (non-hydrogen) atoms. The molecule has 3 rings (SSSR count). The Morgan fingerprint density at radius 3 is 2.72 bits per heavy atom. The van der Waals surface area contributed by atoms with Crippen LogP contribution < -0.4 is 5.32 Å². The number of hydrogen-bond acceptors (Lipinski definition) is 4. The zero-order chi connectivity index (χ0) is 18.2. The third-order valence-electron chi connectivity index (χ3n) is 3.51. The molecule has 0 fully saturated rings. The van der Waals surface area contributed by atoms with Gasteiger partial charge in [0.15, 0.2) is 11.6 Å². The molecule has 0 atom stereocenters. The zero-order valence-corrected chi connectivity index (χ0v) is 15.1. The van der Waals surface area contributed by atoms with E-state index in [0.29, 0.717) is 5.82 Å².